The van der Waals surface area contributed by atoms with Gasteiger partial charge in [-0.1, -0.05) is 0 Å². The molecule has 2 rings (SSSR count). The predicted molar refractivity (Wildman–Crippen MR) is 48.8 cm³/mol. The van der Waals surface area contributed by atoms with Crippen molar-refractivity contribution in [2.24, 2.45) is 0 Å². The van der Waals surface area contributed by atoms with Crippen molar-refractivity contribution in [3.63, 3.8) is 0 Å². The fraction of sp³-hybridized carbons (Fsp3) is 0.200. The molecule has 0 aromatic carbocycles. The Bertz CT molecular complexity index is 471. The summed E-state index contributed by atoms with van der Waals surface area (Å²) in [5, 5.41) is 0. The van der Waals surface area contributed by atoms with Crippen LogP contribution < -0.4 is 0 Å². The number of hydrogen-bond acceptors (Lipinski definition) is 3. The van der Waals surface area contributed by atoms with Crippen molar-refractivity contribution in [2.75, 3.05) is 0 Å². The molecule has 2 heterocycles. The summed E-state index contributed by atoms with van der Waals surface area (Å²) in [6.45, 7) is 3.41. The van der Waals surface area contributed by atoms with Gasteiger partial charge >= 0.3 is 0 Å². The Morgan fingerprint density at radius 1 is 1.54 bits per heavy atom. The summed E-state index contributed by atoms with van der Waals surface area (Å²) in [5.74, 6) is -0.0220. The van der Waals surface area contributed by atoms with Gasteiger partial charge in [0.15, 0.2) is 11.4 Å². The summed E-state index contributed by atoms with van der Waals surface area (Å²) < 4.78 is 5.21. The fourth-order valence-corrected chi connectivity index (χ4v) is 1.30. The molecular weight excluding hydrogens is 166 g/mol. The first-order chi connectivity index (χ1) is 6.18. The van der Waals surface area contributed by atoms with E-state index in [1.54, 1.807) is 18.4 Å². The van der Waals surface area contributed by atoms with Crippen molar-refractivity contribution in [3.8, 4) is 0 Å². The minimum Gasteiger partial charge on any atom is -0.462 e. The van der Waals surface area contributed by atoms with Gasteiger partial charge in [-0.05, 0) is 18.6 Å². The predicted octanol–water partition coefficient (Wildman–Crippen LogP) is 2.34. The second-order valence-corrected chi connectivity index (χ2v) is 3.02. The molecule has 3 nitrogen and oxygen atoms in total. The monoisotopic (exact) mass is 175 g/mol. The molecule has 3 heteroatoms. The number of ketones is 1. The first-order valence-corrected chi connectivity index (χ1v) is 4.04. The third-order valence-corrected chi connectivity index (χ3v) is 1.96. The molecule has 0 radical (unpaired) electrons. The lowest BCUT2D eigenvalue weighted by atomic mass is 10.2. The molecule has 0 unspecified atom stereocenters. The molecule has 2 aromatic heterocycles. The van der Waals surface area contributed by atoms with E-state index >= 15 is 0 Å². The minimum atomic E-state index is -0.0220. The van der Waals surface area contributed by atoms with Gasteiger partial charge < -0.3 is 4.42 Å². The lowest BCUT2D eigenvalue weighted by Crippen LogP contribution is -1.96. The number of Topliss-reactive ketones (excluding diaryl/α,β-unsaturated/α-hetero) is 1. The molecule has 0 saturated carbocycles. The molecule has 0 fully saturated rings. The van der Waals surface area contributed by atoms with Crippen LogP contribution in [0.3, 0.4) is 0 Å². The zero-order chi connectivity index (χ0) is 9.42. The molecule has 0 saturated heterocycles. The smallest absolute Gasteiger partial charge is 0.178 e. The average molecular weight is 175 g/mol. The quantitative estimate of drug-likeness (QED) is 0.625. The number of aryl methyl sites for hydroxylation is 1. The third-order valence-electron chi connectivity index (χ3n) is 1.96. The molecule has 0 N–H and O–H groups in total. The second-order valence-electron chi connectivity index (χ2n) is 3.02. The van der Waals surface area contributed by atoms with Crippen molar-refractivity contribution < 1.29 is 9.21 Å². The Hall–Kier alpha value is -1.64. The van der Waals surface area contributed by atoms with Gasteiger partial charge in [-0.3, -0.25) is 4.79 Å². The van der Waals surface area contributed by atoms with Crippen molar-refractivity contribution in [3.05, 3.63) is 29.7 Å². The van der Waals surface area contributed by atoms with Crippen LogP contribution in [0.4, 0.5) is 0 Å². The minimum absolute atomic E-state index is 0.0220. The Morgan fingerprint density at radius 2 is 2.31 bits per heavy atom. The maximum atomic E-state index is 11.1. The Labute approximate surface area is 75.4 Å². The van der Waals surface area contributed by atoms with Crippen LogP contribution >= 0.6 is 0 Å². The number of fused-ring (bicyclic) bond motifs is 1. The number of rotatable bonds is 1. The van der Waals surface area contributed by atoms with Crippen LogP contribution in [0.15, 0.2) is 22.8 Å². The maximum Gasteiger partial charge on any atom is 0.178 e. The van der Waals surface area contributed by atoms with Crippen LogP contribution in [0.2, 0.25) is 0 Å². The molecule has 0 spiro atoms. The zero-order valence-corrected chi connectivity index (χ0v) is 7.50. The molecule has 0 atom stereocenters. The average Bonchev–Trinajstić information content (AvgIpc) is 2.51. The van der Waals surface area contributed by atoms with E-state index in [4.69, 9.17) is 4.42 Å². The first kappa shape index (κ1) is 7.98. The molecule has 13 heavy (non-hydrogen) atoms. The van der Waals surface area contributed by atoms with Gasteiger partial charge in [-0.2, -0.15) is 0 Å². The lowest BCUT2D eigenvalue weighted by Gasteiger charge is -1.97. The summed E-state index contributed by atoms with van der Waals surface area (Å²) in [7, 11) is 0. The largest absolute Gasteiger partial charge is 0.462 e. The number of carbonyl (C=O) groups excluding carboxylic acids is 1. The summed E-state index contributed by atoms with van der Waals surface area (Å²) in [5.41, 5.74) is 2.93. The van der Waals surface area contributed by atoms with Gasteiger partial charge in [0.1, 0.15) is 11.2 Å². The highest BCUT2D eigenvalue weighted by molar-refractivity contribution is 5.94. The lowest BCUT2D eigenvalue weighted by molar-refractivity contribution is 0.101. The number of carbonyl (C=O) groups is 1. The SMILES string of the molecule is CC(=O)c1cc(C)c2occc2n1. The Balaban J connectivity index is 2.77. The van der Waals surface area contributed by atoms with Gasteiger partial charge in [0, 0.05) is 13.0 Å². The second kappa shape index (κ2) is 2.69. The molecule has 0 amide bonds. The highest BCUT2D eigenvalue weighted by Crippen LogP contribution is 2.18. The molecule has 0 aliphatic carbocycles. The van der Waals surface area contributed by atoms with E-state index in [2.05, 4.69) is 4.98 Å². The van der Waals surface area contributed by atoms with Crippen molar-refractivity contribution in [1.82, 2.24) is 4.98 Å². The Morgan fingerprint density at radius 3 is 3.00 bits per heavy atom. The fourth-order valence-electron chi connectivity index (χ4n) is 1.30. The molecule has 0 aliphatic rings. The standard InChI is InChI=1S/C10H9NO2/c1-6-5-9(7(2)12)11-8-3-4-13-10(6)8/h3-5H,1-2H3. The highest BCUT2D eigenvalue weighted by Gasteiger charge is 2.07. The van der Waals surface area contributed by atoms with E-state index in [1.165, 1.54) is 6.92 Å². The van der Waals surface area contributed by atoms with Crippen molar-refractivity contribution in [1.29, 1.82) is 0 Å². The van der Waals surface area contributed by atoms with Crippen LogP contribution in [-0.2, 0) is 0 Å². The number of aromatic nitrogens is 1. The van der Waals surface area contributed by atoms with Crippen LogP contribution in [0, 0.1) is 6.92 Å². The molecule has 2 aromatic rings. The summed E-state index contributed by atoms with van der Waals surface area (Å²) in [6, 6.07) is 3.50. The molecule has 0 aliphatic heterocycles. The molecular formula is C10H9NO2. The van der Waals surface area contributed by atoms with Gasteiger partial charge in [-0.25, -0.2) is 4.98 Å². The molecule has 0 bridgehead atoms. The van der Waals surface area contributed by atoms with E-state index < -0.39 is 0 Å². The highest BCUT2D eigenvalue weighted by atomic mass is 16.3. The van der Waals surface area contributed by atoms with E-state index in [9.17, 15) is 4.79 Å². The van der Waals surface area contributed by atoms with E-state index in [-0.39, 0.29) is 5.78 Å². The summed E-state index contributed by atoms with van der Waals surface area (Å²) in [4.78, 5) is 15.2. The van der Waals surface area contributed by atoms with Gasteiger partial charge in [0.2, 0.25) is 0 Å². The first-order valence-electron chi connectivity index (χ1n) is 4.04. The van der Waals surface area contributed by atoms with Gasteiger partial charge in [0.05, 0.1) is 6.26 Å². The third kappa shape index (κ3) is 1.22. The maximum absolute atomic E-state index is 11.1. The van der Waals surface area contributed by atoms with Crippen molar-refractivity contribution >= 4 is 16.9 Å². The number of furan rings is 1. The van der Waals surface area contributed by atoms with Crippen molar-refractivity contribution in [2.45, 2.75) is 13.8 Å². The molecule has 66 valence electrons. The number of pyridine rings is 1. The van der Waals surface area contributed by atoms with Gasteiger partial charge in [-0.15, -0.1) is 0 Å². The van der Waals surface area contributed by atoms with E-state index in [0.717, 1.165) is 16.7 Å². The normalized spacial score (nSPS) is 10.6. The van der Waals surface area contributed by atoms with Gasteiger partial charge in [0.25, 0.3) is 0 Å². The summed E-state index contributed by atoms with van der Waals surface area (Å²) in [6.07, 6.45) is 1.58. The zero-order valence-electron chi connectivity index (χ0n) is 7.50. The van der Waals surface area contributed by atoms with E-state index in [0.29, 0.717) is 5.69 Å². The number of hydrogen-bond donors (Lipinski definition) is 0. The Kier molecular flexibility index (Phi) is 1.65. The van der Waals surface area contributed by atoms with Crippen LogP contribution in [0.1, 0.15) is 23.0 Å². The van der Waals surface area contributed by atoms with Crippen LogP contribution in [0.5, 0.6) is 0 Å². The van der Waals surface area contributed by atoms with Crippen LogP contribution in [0.25, 0.3) is 11.1 Å². The van der Waals surface area contributed by atoms with E-state index in [1.807, 2.05) is 6.92 Å². The topological polar surface area (TPSA) is 43.1 Å². The summed E-state index contributed by atoms with van der Waals surface area (Å²) >= 11 is 0. The number of nitrogens with zero attached hydrogens (tertiary/aromatic N) is 1. The van der Waals surface area contributed by atoms with Crippen LogP contribution in [-0.4, -0.2) is 10.8 Å².